The quantitative estimate of drug-likeness (QED) is 0.373. The summed E-state index contributed by atoms with van der Waals surface area (Å²) < 4.78 is 1.86. The first-order valence-electron chi connectivity index (χ1n) is 2.86. The molecule has 0 bridgehead atoms. The van der Waals surface area contributed by atoms with Crippen LogP contribution in [0, 0.1) is 4.77 Å². The molecule has 0 aromatic carbocycles. The van der Waals surface area contributed by atoms with Crippen LogP contribution in [0.25, 0.3) is 0 Å². The van der Waals surface area contributed by atoms with E-state index in [1.807, 2.05) is 0 Å². The SMILES string of the molecule is CC(O)Cn1[nH]nnc1=S.[Na+]. The van der Waals surface area contributed by atoms with Crippen LogP contribution in [0.5, 0.6) is 0 Å². The second-order valence-corrected chi connectivity index (χ2v) is 2.41. The number of hydrogen-bond acceptors (Lipinski definition) is 4. The Morgan fingerprint density at radius 2 is 2.45 bits per heavy atom. The number of hydrogen-bond donors (Lipinski definition) is 2. The zero-order chi connectivity index (χ0) is 7.56. The van der Waals surface area contributed by atoms with E-state index in [2.05, 4.69) is 15.5 Å². The first kappa shape index (κ1) is 11.2. The molecule has 1 heterocycles. The molecule has 0 aliphatic rings. The Bertz CT molecular complexity index is 257. The van der Waals surface area contributed by atoms with Gasteiger partial charge in [0.05, 0.1) is 12.6 Å². The minimum atomic E-state index is -0.436. The third-order valence-corrected chi connectivity index (χ3v) is 1.28. The topological polar surface area (TPSA) is 66.7 Å². The van der Waals surface area contributed by atoms with Gasteiger partial charge in [-0.05, 0) is 19.1 Å². The molecule has 7 heteroatoms. The molecule has 0 radical (unpaired) electrons. The first-order chi connectivity index (χ1) is 4.70. The van der Waals surface area contributed by atoms with E-state index in [0.717, 1.165) is 0 Å². The summed E-state index contributed by atoms with van der Waals surface area (Å²) in [5.74, 6) is 0. The molecule has 56 valence electrons. The Labute approximate surface area is 91.1 Å². The molecule has 11 heavy (non-hydrogen) atoms. The van der Waals surface area contributed by atoms with Gasteiger partial charge >= 0.3 is 29.6 Å². The second kappa shape index (κ2) is 5.00. The van der Waals surface area contributed by atoms with E-state index in [-0.39, 0.29) is 29.6 Å². The van der Waals surface area contributed by atoms with Gasteiger partial charge in [0.2, 0.25) is 4.77 Å². The summed E-state index contributed by atoms with van der Waals surface area (Å²) in [5, 5.41) is 18.4. The maximum Gasteiger partial charge on any atom is 1.00 e. The number of H-pyrrole nitrogens is 1. The van der Waals surface area contributed by atoms with Gasteiger partial charge < -0.3 is 5.11 Å². The van der Waals surface area contributed by atoms with Crippen LogP contribution in [0.4, 0.5) is 0 Å². The fraction of sp³-hybridized carbons (Fsp3) is 0.750. The molecule has 1 rings (SSSR count). The van der Waals surface area contributed by atoms with E-state index < -0.39 is 6.10 Å². The molecule has 0 amide bonds. The fourth-order valence-electron chi connectivity index (χ4n) is 0.599. The molecule has 0 spiro atoms. The van der Waals surface area contributed by atoms with Crippen molar-refractivity contribution in [2.45, 2.75) is 19.6 Å². The predicted molar refractivity (Wildman–Crippen MR) is 36.9 cm³/mol. The maximum absolute atomic E-state index is 8.91. The van der Waals surface area contributed by atoms with Crippen LogP contribution in [0.3, 0.4) is 0 Å². The third-order valence-electron chi connectivity index (χ3n) is 0.979. The standard InChI is InChI=1S/C4H8N4OS.Na/c1-3(9)2-8-4(10)5-6-7-8;/h3,9H,2H2,1H3,(H,5,7,10);/q;+1. The van der Waals surface area contributed by atoms with Gasteiger partial charge in [-0.25, -0.2) is 4.68 Å². The Morgan fingerprint density at radius 3 is 2.82 bits per heavy atom. The molecule has 5 nitrogen and oxygen atoms in total. The van der Waals surface area contributed by atoms with Gasteiger partial charge in [-0.3, -0.25) is 0 Å². The van der Waals surface area contributed by atoms with Crippen molar-refractivity contribution >= 4 is 12.2 Å². The van der Waals surface area contributed by atoms with Crippen LogP contribution >= 0.6 is 12.2 Å². The summed E-state index contributed by atoms with van der Waals surface area (Å²) in [7, 11) is 0. The van der Waals surface area contributed by atoms with Crippen molar-refractivity contribution in [2.24, 2.45) is 0 Å². The van der Waals surface area contributed by atoms with E-state index in [0.29, 0.717) is 11.3 Å². The van der Waals surface area contributed by atoms with Gasteiger partial charge in [0.15, 0.2) is 0 Å². The number of nitrogens with one attached hydrogen (secondary N) is 1. The Kier molecular flexibility index (Phi) is 5.11. The monoisotopic (exact) mass is 183 g/mol. The molecule has 0 aliphatic heterocycles. The smallest absolute Gasteiger partial charge is 0.391 e. The number of nitrogens with zero attached hydrogens (tertiary/aromatic N) is 3. The summed E-state index contributed by atoms with van der Waals surface area (Å²) in [6.07, 6.45) is -0.436. The molecule has 0 saturated carbocycles. The third kappa shape index (κ3) is 3.44. The first-order valence-corrected chi connectivity index (χ1v) is 3.27. The van der Waals surface area contributed by atoms with Gasteiger partial charge in [-0.15, -0.1) is 0 Å². The van der Waals surface area contributed by atoms with E-state index >= 15 is 0 Å². The fourth-order valence-corrected chi connectivity index (χ4v) is 0.755. The van der Waals surface area contributed by atoms with Crippen LogP contribution < -0.4 is 29.6 Å². The normalized spacial score (nSPS) is 12.2. The Balaban J connectivity index is 0.000001000. The molecule has 0 fully saturated rings. The van der Waals surface area contributed by atoms with E-state index in [1.54, 1.807) is 6.92 Å². The maximum atomic E-state index is 8.91. The average molecular weight is 183 g/mol. The number of aliphatic hydroxyl groups is 1. The predicted octanol–water partition coefficient (Wildman–Crippen LogP) is -3.28. The van der Waals surface area contributed by atoms with Crippen molar-refractivity contribution in [3.63, 3.8) is 0 Å². The van der Waals surface area contributed by atoms with Crippen molar-refractivity contribution in [3.05, 3.63) is 4.77 Å². The summed E-state index contributed by atoms with van der Waals surface area (Å²) in [6, 6.07) is 0. The number of tetrazole rings is 1. The number of rotatable bonds is 2. The van der Waals surface area contributed by atoms with Crippen molar-refractivity contribution in [3.8, 4) is 0 Å². The van der Waals surface area contributed by atoms with Crippen molar-refractivity contribution in [1.82, 2.24) is 20.2 Å². The van der Waals surface area contributed by atoms with E-state index in [4.69, 9.17) is 17.3 Å². The summed E-state index contributed by atoms with van der Waals surface area (Å²) in [6.45, 7) is 2.08. The van der Waals surface area contributed by atoms with Gasteiger partial charge in [0.1, 0.15) is 0 Å². The molecule has 1 atom stereocenters. The zero-order valence-corrected chi connectivity index (χ0v) is 9.30. The van der Waals surface area contributed by atoms with Gasteiger partial charge in [-0.2, -0.15) is 5.21 Å². The minimum Gasteiger partial charge on any atom is -0.391 e. The Morgan fingerprint density at radius 1 is 1.82 bits per heavy atom. The zero-order valence-electron chi connectivity index (χ0n) is 6.48. The molecular formula is C4H8N4NaOS+. The number of aliphatic hydroxyl groups excluding tert-OH is 1. The molecule has 0 aliphatic carbocycles. The van der Waals surface area contributed by atoms with Crippen LogP contribution in [-0.2, 0) is 6.54 Å². The van der Waals surface area contributed by atoms with Crippen LogP contribution in [0.1, 0.15) is 6.92 Å². The van der Waals surface area contributed by atoms with Gasteiger partial charge in [-0.1, -0.05) is 10.3 Å². The van der Waals surface area contributed by atoms with Crippen LogP contribution in [-0.4, -0.2) is 31.4 Å². The van der Waals surface area contributed by atoms with Crippen molar-refractivity contribution in [2.75, 3.05) is 0 Å². The summed E-state index contributed by atoms with van der Waals surface area (Å²) >= 11 is 4.75. The Hall–Kier alpha value is 0.250. The second-order valence-electron chi connectivity index (χ2n) is 2.04. The molecule has 2 N–H and O–H groups in total. The van der Waals surface area contributed by atoms with Crippen LogP contribution in [0.15, 0.2) is 0 Å². The molecule has 1 aromatic rings. The molecule has 0 saturated heterocycles. The minimum absolute atomic E-state index is 0. The summed E-state index contributed by atoms with van der Waals surface area (Å²) in [5.41, 5.74) is 0. The van der Waals surface area contributed by atoms with E-state index in [9.17, 15) is 0 Å². The molecule has 1 aromatic heterocycles. The molecular weight excluding hydrogens is 175 g/mol. The summed E-state index contributed by atoms with van der Waals surface area (Å²) in [4.78, 5) is 0. The van der Waals surface area contributed by atoms with Gasteiger partial charge in [0, 0.05) is 0 Å². The number of aromatic nitrogens is 4. The van der Waals surface area contributed by atoms with E-state index in [1.165, 1.54) is 4.68 Å². The largest absolute Gasteiger partial charge is 1.00 e. The van der Waals surface area contributed by atoms with Gasteiger partial charge in [0.25, 0.3) is 0 Å². The average Bonchev–Trinajstić information content (AvgIpc) is 2.15. The number of aromatic amines is 1. The van der Waals surface area contributed by atoms with Crippen molar-refractivity contribution < 1.29 is 34.7 Å². The van der Waals surface area contributed by atoms with Crippen molar-refractivity contribution in [1.29, 1.82) is 0 Å². The van der Waals surface area contributed by atoms with Crippen LogP contribution in [0.2, 0.25) is 0 Å². The molecule has 1 unspecified atom stereocenters.